The van der Waals surface area contributed by atoms with Gasteiger partial charge in [0.05, 0.1) is 0 Å². The van der Waals surface area contributed by atoms with Crippen molar-refractivity contribution in [3.63, 3.8) is 0 Å². The van der Waals surface area contributed by atoms with E-state index in [2.05, 4.69) is 0 Å². The van der Waals surface area contributed by atoms with Gasteiger partial charge in [-0.05, 0) is 0 Å². The SMILES string of the molecule is O=S(=O)([O-])C(F)(F)F.[Yb+3]. The van der Waals surface area contributed by atoms with Crippen LogP contribution in [0.15, 0.2) is 0 Å². The molecule has 0 heterocycles. The maximum atomic E-state index is 10.7. The topological polar surface area (TPSA) is 57.2 Å². The van der Waals surface area contributed by atoms with Gasteiger partial charge in [0, 0.05) is 0 Å². The smallest absolute Gasteiger partial charge is 0.741 e. The molecule has 0 aliphatic carbocycles. The van der Waals surface area contributed by atoms with E-state index in [0.717, 1.165) is 0 Å². The fraction of sp³-hybridized carbons (Fsp3) is 1.00. The summed E-state index contributed by atoms with van der Waals surface area (Å²) in [4.78, 5) is 0. The van der Waals surface area contributed by atoms with Crippen molar-refractivity contribution in [2.75, 3.05) is 0 Å². The summed E-state index contributed by atoms with van der Waals surface area (Å²) >= 11 is 0. The van der Waals surface area contributed by atoms with E-state index in [1.165, 1.54) is 0 Å². The molecule has 0 aromatic heterocycles. The molecule has 0 N–H and O–H groups in total. The summed E-state index contributed by atoms with van der Waals surface area (Å²) < 4.78 is 58.9. The van der Waals surface area contributed by atoms with E-state index in [-0.39, 0.29) is 46.9 Å². The van der Waals surface area contributed by atoms with E-state index in [0.29, 0.717) is 0 Å². The number of rotatable bonds is 0. The average Bonchev–Trinajstić information content (AvgIpc) is 1.25. The second kappa shape index (κ2) is 3.56. The summed E-state index contributed by atoms with van der Waals surface area (Å²) in [5, 5.41) is 0. The molecule has 0 atom stereocenters. The summed E-state index contributed by atoms with van der Waals surface area (Å²) in [5.41, 5.74) is -5.65. The molecule has 0 amide bonds. The Morgan fingerprint density at radius 3 is 1.33 bits per heavy atom. The Morgan fingerprint density at radius 1 is 1.22 bits per heavy atom. The predicted octanol–water partition coefficient (Wildman–Crippen LogP) is 0.0514. The van der Waals surface area contributed by atoms with E-state index >= 15 is 0 Å². The van der Waals surface area contributed by atoms with Crippen LogP contribution in [-0.2, 0) is 10.1 Å². The fourth-order valence-corrected chi connectivity index (χ4v) is 0. The third kappa shape index (κ3) is 4.60. The van der Waals surface area contributed by atoms with Crippen molar-refractivity contribution in [3.8, 4) is 0 Å². The molecule has 0 rings (SSSR count). The van der Waals surface area contributed by atoms with Gasteiger partial charge in [-0.1, -0.05) is 0 Å². The van der Waals surface area contributed by atoms with Crippen LogP contribution in [-0.4, -0.2) is 18.5 Å². The Hall–Kier alpha value is 1.22. The number of hydrogen-bond acceptors (Lipinski definition) is 3. The first-order valence-corrected chi connectivity index (χ1v) is 2.68. The van der Waals surface area contributed by atoms with Crippen LogP contribution in [0, 0.1) is 46.9 Å². The second-order valence-electron chi connectivity index (χ2n) is 0.900. The molecule has 0 bridgehead atoms. The fourth-order valence-electron chi connectivity index (χ4n) is 0. The van der Waals surface area contributed by atoms with Crippen molar-refractivity contribution in [2.45, 2.75) is 5.51 Å². The number of halogens is 3. The zero-order valence-corrected chi connectivity index (χ0v) is 6.07. The zero-order chi connectivity index (χ0) is 7.00. The molecule has 0 aliphatic rings. The standard InChI is InChI=1S/CHF3O3S.Yb/c2-1(3,4)8(5,6)7;/h(H,5,6,7);/q;+3/p-1. The Kier molecular flexibility index (Phi) is 5.09. The molecule has 8 heteroatoms. The van der Waals surface area contributed by atoms with Gasteiger partial charge in [-0.3, -0.25) is 0 Å². The monoisotopic (exact) mass is 323 g/mol. The number of alkyl halides is 3. The first-order chi connectivity index (χ1) is 3.25. The van der Waals surface area contributed by atoms with E-state index in [9.17, 15) is 13.2 Å². The minimum atomic E-state index is -6.09. The van der Waals surface area contributed by atoms with Gasteiger partial charge in [0.2, 0.25) is 0 Å². The average molecular weight is 322 g/mol. The van der Waals surface area contributed by atoms with Crippen LogP contribution in [0.25, 0.3) is 0 Å². The first kappa shape index (κ1) is 12.9. The summed E-state index contributed by atoms with van der Waals surface area (Å²) in [5.74, 6) is 0. The molecular weight excluding hydrogens is 322 g/mol. The maximum Gasteiger partial charge on any atom is 3.00 e. The van der Waals surface area contributed by atoms with Gasteiger partial charge < -0.3 is 4.55 Å². The minimum Gasteiger partial charge on any atom is -0.741 e. The van der Waals surface area contributed by atoms with Gasteiger partial charge in [0.1, 0.15) is 0 Å². The molecule has 0 aromatic rings. The van der Waals surface area contributed by atoms with Crippen molar-refractivity contribution in [1.29, 1.82) is 0 Å². The molecule has 0 aromatic carbocycles. The minimum absolute atomic E-state index is 0. The van der Waals surface area contributed by atoms with E-state index in [1.807, 2.05) is 0 Å². The molecule has 3 nitrogen and oxygen atoms in total. The summed E-state index contributed by atoms with van der Waals surface area (Å²) in [6.45, 7) is 0. The van der Waals surface area contributed by atoms with E-state index in [4.69, 9.17) is 13.0 Å². The third-order valence-corrected chi connectivity index (χ3v) is 0.850. The van der Waals surface area contributed by atoms with Crippen LogP contribution in [0.1, 0.15) is 0 Å². The van der Waals surface area contributed by atoms with Gasteiger partial charge in [-0.15, -0.1) is 0 Å². The molecule has 61 valence electrons. The van der Waals surface area contributed by atoms with Crippen LogP contribution >= 0.6 is 0 Å². The van der Waals surface area contributed by atoms with E-state index < -0.39 is 15.6 Å². The molecule has 9 heavy (non-hydrogen) atoms. The van der Waals surface area contributed by atoms with Crippen molar-refractivity contribution >= 4 is 10.1 Å². The summed E-state index contributed by atoms with van der Waals surface area (Å²) in [6.07, 6.45) is 0. The maximum absolute atomic E-state index is 10.7. The number of hydrogen-bond donors (Lipinski definition) is 0. The van der Waals surface area contributed by atoms with Crippen molar-refractivity contribution < 1.29 is 73.1 Å². The Balaban J connectivity index is 0. The Bertz CT molecular complexity index is 168. The molecule has 0 saturated carbocycles. The van der Waals surface area contributed by atoms with Gasteiger partial charge >= 0.3 is 52.4 Å². The van der Waals surface area contributed by atoms with Gasteiger partial charge in [-0.2, -0.15) is 13.2 Å². The Morgan fingerprint density at radius 2 is 1.33 bits per heavy atom. The van der Waals surface area contributed by atoms with Crippen molar-refractivity contribution in [3.05, 3.63) is 0 Å². The van der Waals surface area contributed by atoms with Gasteiger partial charge in [-0.25, -0.2) is 8.42 Å². The van der Waals surface area contributed by atoms with Crippen molar-refractivity contribution in [2.24, 2.45) is 0 Å². The molecule has 1 radical (unpaired) electrons. The Labute approximate surface area is 87.6 Å². The van der Waals surface area contributed by atoms with Crippen molar-refractivity contribution in [1.82, 2.24) is 0 Å². The summed E-state index contributed by atoms with van der Waals surface area (Å²) in [6, 6.07) is 0. The van der Waals surface area contributed by atoms with Gasteiger partial charge in [0.15, 0.2) is 10.1 Å². The van der Waals surface area contributed by atoms with Crippen LogP contribution in [0.4, 0.5) is 13.2 Å². The van der Waals surface area contributed by atoms with Crippen LogP contribution in [0.5, 0.6) is 0 Å². The molecule has 0 aliphatic heterocycles. The van der Waals surface area contributed by atoms with E-state index in [1.54, 1.807) is 0 Å². The normalized spacial score (nSPS) is 12.4. The van der Waals surface area contributed by atoms with Crippen LogP contribution < -0.4 is 0 Å². The molecule has 0 fully saturated rings. The zero-order valence-electron chi connectivity index (χ0n) is 3.53. The predicted molar refractivity (Wildman–Crippen MR) is 15.8 cm³/mol. The molecule has 0 saturated heterocycles. The molecule has 0 unspecified atom stereocenters. The first-order valence-electron chi connectivity index (χ1n) is 1.27. The molecular formula is CF3O3SYb+2. The quantitative estimate of drug-likeness (QED) is 0.468. The molecule has 0 spiro atoms. The van der Waals surface area contributed by atoms with Gasteiger partial charge in [0.25, 0.3) is 0 Å². The largest absolute Gasteiger partial charge is 3.00 e. The van der Waals surface area contributed by atoms with Crippen LogP contribution in [0.2, 0.25) is 0 Å². The second-order valence-corrected chi connectivity index (χ2v) is 2.27. The van der Waals surface area contributed by atoms with Crippen LogP contribution in [0.3, 0.4) is 0 Å². The third-order valence-electron chi connectivity index (χ3n) is 0.283. The summed E-state index contributed by atoms with van der Waals surface area (Å²) in [7, 11) is -6.09.